The molecule has 1 aromatic carbocycles. The summed E-state index contributed by atoms with van der Waals surface area (Å²) in [4.78, 5) is 0. The van der Waals surface area contributed by atoms with Gasteiger partial charge in [0.2, 0.25) is 0 Å². The highest BCUT2D eigenvalue weighted by atomic mass is 14.9. The van der Waals surface area contributed by atoms with Crippen molar-refractivity contribution in [3.63, 3.8) is 0 Å². The molecule has 1 nitrogen and oxygen atoms in total. The molecule has 0 fully saturated rings. The average molecular weight is 173 g/mol. The molecule has 0 saturated heterocycles. The summed E-state index contributed by atoms with van der Waals surface area (Å²) in [5.74, 6) is 0.862. The van der Waals surface area contributed by atoms with E-state index in [0.29, 0.717) is 0 Å². The fourth-order valence-electron chi connectivity index (χ4n) is 2.82. The summed E-state index contributed by atoms with van der Waals surface area (Å²) in [5.41, 5.74) is 4.65. The number of hydrogen-bond donors (Lipinski definition) is 1. The zero-order chi connectivity index (χ0) is 8.67. The third-order valence-electron chi connectivity index (χ3n) is 3.41. The van der Waals surface area contributed by atoms with Crippen LogP contribution in [0.2, 0.25) is 0 Å². The van der Waals surface area contributed by atoms with E-state index < -0.39 is 0 Å². The topological polar surface area (TPSA) is 12.0 Å². The van der Waals surface area contributed by atoms with Gasteiger partial charge in [0.15, 0.2) is 0 Å². The van der Waals surface area contributed by atoms with Gasteiger partial charge >= 0.3 is 0 Å². The molecule has 1 aliphatic carbocycles. The van der Waals surface area contributed by atoms with Crippen molar-refractivity contribution in [1.29, 1.82) is 0 Å². The highest BCUT2D eigenvalue weighted by molar-refractivity contribution is 5.59. The van der Waals surface area contributed by atoms with E-state index in [0.717, 1.165) is 5.92 Å². The number of anilines is 1. The van der Waals surface area contributed by atoms with Gasteiger partial charge < -0.3 is 5.32 Å². The zero-order valence-electron chi connectivity index (χ0n) is 7.84. The third kappa shape index (κ3) is 1.06. The fourth-order valence-corrected chi connectivity index (χ4v) is 2.82. The molecule has 3 rings (SSSR count). The van der Waals surface area contributed by atoms with E-state index in [1.54, 1.807) is 11.1 Å². The van der Waals surface area contributed by atoms with Crippen molar-refractivity contribution in [3.8, 4) is 0 Å². The zero-order valence-corrected chi connectivity index (χ0v) is 7.84. The molecule has 0 radical (unpaired) electrons. The number of hydrogen-bond acceptors (Lipinski definition) is 1. The molecule has 13 heavy (non-hydrogen) atoms. The highest BCUT2D eigenvalue weighted by Crippen LogP contribution is 2.40. The van der Waals surface area contributed by atoms with Crippen LogP contribution in [0.4, 0.5) is 5.69 Å². The molecular weight excluding hydrogens is 158 g/mol. The first-order valence-corrected chi connectivity index (χ1v) is 5.31. The predicted molar refractivity (Wildman–Crippen MR) is 55.2 cm³/mol. The molecule has 1 atom stereocenters. The quantitative estimate of drug-likeness (QED) is 0.636. The lowest BCUT2D eigenvalue weighted by atomic mass is 9.78. The van der Waals surface area contributed by atoms with Gasteiger partial charge in [-0.1, -0.05) is 12.1 Å². The Morgan fingerprint density at radius 1 is 1.23 bits per heavy atom. The van der Waals surface area contributed by atoms with E-state index >= 15 is 0 Å². The van der Waals surface area contributed by atoms with E-state index in [1.165, 1.54) is 37.9 Å². The number of nitrogens with one attached hydrogen (secondary N) is 1. The molecule has 1 heteroatoms. The minimum Gasteiger partial charge on any atom is -0.385 e. The van der Waals surface area contributed by atoms with E-state index in [-0.39, 0.29) is 0 Å². The molecule has 1 heterocycles. The molecule has 0 bridgehead atoms. The first-order valence-electron chi connectivity index (χ1n) is 5.31. The average Bonchev–Trinajstić information content (AvgIpc) is 2.19. The molecule has 0 aromatic heterocycles. The normalized spacial score (nSPS) is 24.8. The molecule has 2 aliphatic rings. The highest BCUT2D eigenvalue weighted by Gasteiger charge is 2.25. The van der Waals surface area contributed by atoms with Gasteiger partial charge in [0.1, 0.15) is 0 Å². The molecule has 1 aromatic rings. The van der Waals surface area contributed by atoms with Crippen LogP contribution in [-0.4, -0.2) is 6.54 Å². The summed E-state index contributed by atoms with van der Waals surface area (Å²) in [6, 6.07) is 6.73. The first-order chi connectivity index (χ1) is 6.45. The minimum absolute atomic E-state index is 0.862. The Kier molecular flexibility index (Phi) is 1.58. The lowest BCUT2D eigenvalue weighted by Crippen LogP contribution is -2.21. The van der Waals surface area contributed by atoms with Crippen LogP contribution >= 0.6 is 0 Å². The second-order valence-electron chi connectivity index (χ2n) is 4.18. The van der Waals surface area contributed by atoms with Gasteiger partial charge in [-0.2, -0.15) is 0 Å². The SMILES string of the molecule is c1cc2c3c(c1)NCCC3CCC2. The molecule has 0 saturated carbocycles. The standard InChI is InChI=1S/C12H15N/c1-3-9-5-2-6-11-12(9)10(4-1)7-8-13-11/h2,5-6,10,13H,1,3-4,7-8H2. The Morgan fingerprint density at radius 2 is 2.23 bits per heavy atom. The number of benzene rings is 1. The smallest absolute Gasteiger partial charge is 0.0378 e. The van der Waals surface area contributed by atoms with Crippen LogP contribution in [0.15, 0.2) is 18.2 Å². The maximum Gasteiger partial charge on any atom is 0.0378 e. The lowest BCUT2D eigenvalue weighted by Gasteiger charge is -2.32. The minimum atomic E-state index is 0.862. The Hall–Kier alpha value is -0.980. The third-order valence-corrected chi connectivity index (χ3v) is 3.41. The molecule has 1 N–H and O–H groups in total. The monoisotopic (exact) mass is 173 g/mol. The summed E-state index contributed by atoms with van der Waals surface area (Å²) in [6.07, 6.45) is 5.43. The summed E-state index contributed by atoms with van der Waals surface area (Å²) >= 11 is 0. The largest absolute Gasteiger partial charge is 0.385 e. The summed E-state index contributed by atoms with van der Waals surface area (Å²) in [7, 11) is 0. The van der Waals surface area contributed by atoms with Gasteiger partial charge in [0.25, 0.3) is 0 Å². The second-order valence-corrected chi connectivity index (χ2v) is 4.18. The Labute approximate surface area is 79.2 Å². The first kappa shape index (κ1) is 7.43. The van der Waals surface area contributed by atoms with E-state index in [2.05, 4.69) is 23.5 Å². The number of rotatable bonds is 0. The van der Waals surface area contributed by atoms with Gasteiger partial charge in [0, 0.05) is 12.2 Å². The van der Waals surface area contributed by atoms with Gasteiger partial charge in [-0.15, -0.1) is 0 Å². The van der Waals surface area contributed by atoms with Crippen molar-refractivity contribution in [2.75, 3.05) is 11.9 Å². The Morgan fingerprint density at radius 3 is 3.23 bits per heavy atom. The van der Waals surface area contributed by atoms with Crippen molar-refractivity contribution < 1.29 is 0 Å². The Bertz CT molecular complexity index is 302. The van der Waals surface area contributed by atoms with E-state index in [4.69, 9.17) is 0 Å². The van der Waals surface area contributed by atoms with Crippen LogP contribution in [0.3, 0.4) is 0 Å². The van der Waals surface area contributed by atoms with Gasteiger partial charge in [0.05, 0.1) is 0 Å². The molecule has 1 aliphatic heterocycles. The molecule has 68 valence electrons. The van der Waals surface area contributed by atoms with E-state index in [1.807, 2.05) is 0 Å². The fraction of sp³-hybridized carbons (Fsp3) is 0.500. The van der Waals surface area contributed by atoms with Crippen LogP contribution in [0, 0.1) is 0 Å². The maximum atomic E-state index is 3.50. The van der Waals surface area contributed by atoms with Crippen LogP contribution in [0.5, 0.6) is 0 Å². The van der Waals surface area contributed by atoms with Crippen molar-refractivity contribution >= 4 is 5.69 Å². The molecular formula is C12H15N. The van der Waals surface area contributed by atoms with E-state index in [9.17, 15) is 0 Å². The van der Waals surface area contributed by atoms with Gasteiger partial charge in [-0.05, 0) is 48.8 Å². The van der Waals surface area contributed by atoms with Gasteiger partial charge in [-0.3, -0.25) is 0 Å². The molecule has 1 unspecified atom stereocenters. The Balaban J connectivity index is 2.18. The van der Waals surface area contributed by atoms with Crippen LogP contribution < -0.4 is 5.32 Å². The van der Waals surface area contributed by atoms with Crippen LogP contribution in [-0.2, 0) is 6.42 Å². The summed E-state index contributed by atoms with van der Waals surface area (Å²) < 4.78 is 0. The molecule has 0 amide bonds. The van der Waals surface area contributed by atoms with Gasteiger partial charge in [-0.25, -0.2) is 0 Å². The number of aryl methyl sites for hydroxylation is 1. The summed E-state index contributed by atoms with van der Waals surface area (Å²) in [5, 5.41) is 3.50. The maximum absolute atomic E-state index is 3.50. The van der Waals surface area contributed by atoms with Crippen molar-refractivity contribution in [2.24, 2.45) is 0 Å². The molecule has 0 spiro atoms. The van der Waals surface area contributed by atoms with Crippen LogP contribution in [0.25, 0.3) is 0 Å². The summed E-state index contributed by atoms with van der Waals surface area (Å²) in [6.45, 7) is 1.17. The van der Waals surface area contributed by atoms with Crippen LogP contribution in [0.1, 0.15) is 36.3 Å². The second kappa shape index (κ2) is 2.76. The van der Waals surface area contributed by atoms with Crippen molar-refractivity contribution in [2.45, 2.75) is 31.6 Å². The van der Waals surface area contributed by atoms with Crippen molar-refractivity contribution in [3.05, 3.63) is 29.3 Å². The lowest BCUT2D eigenvalue weighted by molar-refractivity contribution is 0.520. The van der Waals surface area contributed by atoms with Crippen molar-refractivity contribution in [1.82, 2.24) is 0 Å². The predicted octanol–water partition coefficient (Wildman–Crippen LogP) is 2.92.